The smallest absolute Gasteiger partial charge is 0.326 e. The number of allylic oxidation sites excluding steroid dienone is 1. The number of carbonyl (C=O) groups excluding carboxylic acids is 1. The number of aliphatic carboxylic acids is 1. The molecular formula is C17H21NO3S2. The number of carboxylic acids is 1. The van der Waals surface area contributed by atoms with Crippen molar-refractivity contribution >= 4 is 35.4 Å². The van der Waals surface area contributed by atoms with Crippen molar-refractivity contribution in [2.45, 2.75) is 29.9 Å². The summed E-state index contributed by atoms with van der Waals surface area (Å²) in [5, 5.41) is 11.7. The number of carbonyl (C=O) groups is 2. The van der Waals surface area contributed by atoms with E-state index < -0.39 is 12.0 Å². The van der Waals surface area contributed by atoms with Crippen molar-refractivity contribution < 1.29 is 14.7 Å². The van der Waals surface area contributed by atoms with E-state index in [0.717, 1.165) is 0 Å². The molecule has 1 aromatic carbocycles. The van der Waals surface area contributed by atoms with E-state index >= 15 is 0 Å². The third kappa shape index (κ3) is 5.32. The Bertz CT molecular complexity index is 553. The van der Waals surface area contributed by atoms with Crippen LogP contribution in [0.25, 0.3) is 0 Å². The normalized spacial score (nSPS) is 16.5. The van der Waals surface area contributed by atoms with E-state index in [1.54, 1.807) is 18.2 Å². The van der Waals surface area contributed by atoms with Gasteiger partial charge in [0.05, 0.1) is 4.58 Å². The number of amides is 1. The van der Waals surface area contributed by atoms with Crippen LogP contribution >= 0.6 is 23.5 Å². The van der Waals surface area contributed by atoms with Crippen LogP contribution in [0.2, 0.25) is 0 Å². The summed E-state index contributed by atoms with van der Waals surface area (Å²) in [7, 11) is 0. The average molecular weight is 351 g/mol. The first kappa shape index (κ1) is 17.9. The Labute approximate surface area is 145 Å². The number of thioether (sulfide) groups is 2. The molecule has 0 aliphatic carbocycles. The highest BCUT2D eigenvalue weighted by Crippen LogP contribution is 2.43. The second kappa shape index (κ2) is 9.03. The predicted octanol–water partition coefficient (Wildman–Crippen LogP) is 3.70. The Morgan fingerprint density at radius 3 is 2.52 bits per heavy atom. The van der Waals surface area contributed by atoms with Crippen LogP contribution in [-0.2, 0) is 4.79 Å². The molecule has 2 rings (SSSR count). The van der Waals surface area contributed by atoms with Gasteiger partial charge < -0.3 is 10.4 Å². The molecule has 6 heteroatoms. The fourth-order valence-corrected chi connectivity index (χ4v) is 5.15. The minimum Gasteiger partial charge on any atom is -0.480 e. The molecule has 23 heavy (non-hydrogen) atoms. The molecule has 1 aromatic rings. The Morgan fingerprint density at radius 2 is 1.96 bits per heavy atom. The molecule has 1 saturated heterocycles. The van der Waals surface area contributed by atoms with Crippen molar-refractivity contribution in [3.8, 4) is 0 Å². The largest absolute Gasteiger partial charge is 0.480 e. The molecular weight excluding hydrogens is 330 g/mol. The molecule has 1 amide bonds. The van der Waals surface area contributed by atoms with Crippen molar-refractivity contribution in [3.63, 3.8) is 0 Å². The highest BCUT2D eigenvalue weighted by atomic mass is 32.2. The van der Waals surface area contributed by atoms with Gasteiger partial charge in [-0.05, 0) is 48.5 Å². The van der Waals surface area contributed by atoms with Crippen LogP contribution in [0.3, 0.4) is 0 Å². The molecule has 1 unspecified atom stereocenters. The van der Waals surface area contributed by atoms with Gasteiger partial charge in [-0.25, -0.2) is 4.79 Å². The summed E-state index contributed by atoms with van der Waals surface area (Å²) in [5.41, 5.74) is 1.70. The molecule has 1 aliphatic rings. The maximum Gasteiger partial charge on any atom is 0.326 e. The highest BCUT2D eigenvalue weighted by Gasteiger charge is 2.21. The van der Waals surface area contributed by atoms with Crippen molar-refractivity contribution in [3.05, 3.63) is 48.0 Å². The molecule has 0 radical (unpaired) electrons. The summed E-state index contributed by atoms with van der Waals surface area (Å²) in [5.74, 6) is 0.969. The van der Waals surface area contributed by atoms with Crippen LogP contribution in [0, 0.1) is 0 Å². The molecule has 1 atom stereocenters. The lowest BCUT2D eigenvalue weighted by Gasteiger charge is -2.21. The molecule has 124 valence electrons. The van der Waals surface area contributed by atoms with Crippen molar-refractivity contribution in [2.24, 2.45) is 0 Å². The van der Waals surface area contributed by atoms with Crippen molar-refractivity contribution in [2.75, 3.05) is 11.5 Å². The van der Waals surface area contributed by atoms with E-state index in [-0.39, 0.29) is 5.91 Å². The number of benzene rings is 1. The van der Waals surface area contributed by atoms with Gasteiger partial charge in [-0.1, -0.05) is 18.2 Å². The second-order valence-corrected chi connectivity index (χ2v) is 8.00. The summed E-state index contributed by atoms with van der Waals surface area (Å²) in [6, 6.07) is 6.58. The molecule has 0 saturated carbocycles. The van der Waals surface area contributed by atoms with Crippen LogP contribution in [-0.4, -0.2) is 34.5 Å². The van der Waals surface area contributed by atoms with E-state index in [2.05, 4.69) is 11.9 Å². The van der Waals surface area contributed by atoms with E-state index in [1.165, 1.54) is 23.5 Å². The first-order chi connectivity index (χ1) is 11.1. The number of carboxylic acid groups (broad SMARTS) is 1. The molecule has 0 bridgehead atoms. The lowest BCUT2D eigenvalue weighted by atomic mass is 10.1. The number of nitrogens with one attached hydrogen (secondary N) is 1. The Hall–Kier alpha value is -1.40. The van der Waals surface area contributed by atoms with Crippen LogP contribution in [0.15, 0.2) is 36.9 Å². The Morgan fingerprint density at radius 1 is 1.30 bits per heavy atom. The SMILES string of the molecule is C=CCCC(NC(=O)c1ccc(C2SCCCS2)cc1)C(=O)O. The summed E-state index contributed by atoms with van der Waals surface area (Å²) >= 11 is 3.86. The predicted molar refractivity (Wildman–Crippen MR) is 97.0 cm³/mol. The third-order valence-corrected chi connectivity index (χ3v) is 6.55. The molecule has 1 aliphatic heterocycles. The molecule has 1 fully saturated rings. The van der Waals surface area contributed by atoms with Gasteiger partial charge in [0.2, 0.25) is 0 Å². The maximum absolute atomic E-state index is 12.2. The minimum atomic E-state index is -1.02. The first-order valence-electron chi connectivity index (χ1n) is 7.59. The zero-order chi connectivity index (χ0) is 16.7. The van der Waals surface area contributed by atoms with E-state index in [4.69, 9.17) is 5.11 Å². The van der Waals surface area contributed by atoms with Gasteiger partial charge in [-0.15, -0.1) is 30.1 Å². The minimum absolute atomic E-state index is 0.345. The maximum atomic E-state index is 12.2. The molecule has 0 spiro atoms. The summed E-state index contributed by atoms with van der Waals surface area (Å²) < 4.78 is 0.431. The zero-order valence-electron chi connectivity index (χ0n) is 12.9. The summed E-state index contributed by atoms with van der Waals surface area (Å²) in [6.45, 7) is 3.57. The average Bonchev–Trinajstić information content (AvgIpc) is 2.59. The van der Waals surface area contributed by atoms with Gasteiger partial charge in [0.15, 0.2) is 0 Å². The molecule has 0 aromatic heterocycles. The lowest BCUT2D eigenvalue weighted by Crippen LogP contribution is -2.40. The van der Waals surface area contributed by atoms with E-state index in [1.807, 2.05) is 35.7 Å². The summed E-state index contributed by atoms with van der Waals surface area (Å²) in [4.78, 5) is 23.4. The lowest BCUT2D eigenvalue weighted by molar-refractivity contribution is -0.139. The van der Waals surface area contributed by atoms with Gasteiger partial charge in [0, 0.05) is 5.56 Å². The highest BCUT2D eigenvalue weighted by molar-refractivity contribution is 8.16. The van der Waals surface area contributed by atoms with Gasteiger partial charge >= 0.3 is 5.97 Å². The van der Waals surface area contributed by atoms with Crippen LogP contribution in [0.1, 0.15) is 39.8 Å². The topological polar surface area (TPSA) is 66.4 Å². The van der Waals surface area contributed by atoms with Gasteiger partial charge in [-0.2, -0.15) is 0 Å². The van der Waals surface area contributed by atoms with Crippen molar-refractivity contribution in [1.29, 1.82) is 0 Å². The van der Waals surface area contributed by atoms with Crippen LogP contribution < -0.4 is 5.32 Å². The van der Waals surface area contributed by atoms with E-state index in [0.29, 0.717) is 23.0 Å². The fourth-order valence-electron chi connectivity index (χ4n) is 2.26. The van der Waals surface area contributed by atoms with Crippen molar-refractivity contribution in [1.82, 2.24) is 5.32 Å². The van der Waals surface area contributed by atoms with Gasteiger partial charge in [0.1, 0.15) is 6.04 Å². The quantitative estimate of drug-likeness (QED) is 0.733. The Kier molecular flexibility index (Phi) is 7.05. The monoisotopic (exact) mass is 351 g/mol. The van der Waals surface area contributed by atoms with Crippen LogP contribution in [0.5, 0.6) is 0 Å². The third-order valence-electron chi connectivity index (χ3n) is 3.54. The first-order valence-corrected chi connectivity index (χ1v) is 9.69. The number of hydrogen-bond acceptors (Lipinski definition) is 4. The number of rotatable bonds is 7. The summed E-state index contributed by atoms with van der Waals surface area (Å²) in [6.07, 6.45) is 3.79. The standard InChI is InChI=1S/C17H21NO3S2/c1-2-3-5-14(16(20)21)18-15(19)12-6-8-13(9-7-12)17-22-10-4-11-23-17/h2,6-9,14,17H,1,3-5,10-11H2,(H,18,19)(H,20,21). The molecule has 4 nitrogen and oxygen atoms in total. The second-order valence-electron chi connectivity index (χ2n) is 5.28. The molecule has 2 N–H and O–H groups in total. The number of hydrogen-bond donors (Lipinski definition) is 2. The fraction of sp³-hybridized carbons (Fsp3) is 0.412. The van der Waals surface area contributed by atoms with Gasteiger partial charge in [-0.3, -0.25) is 4.79 Å². The van der Waals surface area contributed by atoms with Crippen LogP contribution in [0.4, 0.5) is 0 Å². The van der Waals surface area contributed by atoms with Gasteiger partial charge in [0.25, 0.3) is 5.91 Å². The molecule has 1 heterocycles. The van der Waals surface area contributed by atoms with E-state index in [9.17, 15) is 9.59 Å². The zero-order valence-corrected chi connectivity index (χ0v) is 14.5. The Balaban J connectivity index is 1.98.